The van der Waals surface area contributed by atoms with Gasteiger partial charge in [0.05, 0.1) is 24.9 Å². The number of rotatable bonds is 4. The molecule has 4 heteroatoms. The summed E-state index contributed by atoms with van der Waals surface area (Å²) in [6.07, 6.45) is 0. The van der Waals surface area contributed by atoms with Crippen molar-refractivity contribution < 1.29 is 4.74 Å². The number of ether oxygens (including phenoxy) is 1. The van der Waals surface area contributed by atoms with Crippen LogP contribution in [-0.4, -0.2) is 12.1 Å². The van der Waals surface area contributed by atoms with Crippen LogP contribution in [0, 0.1) is 0 Å². The number of benzene rings is 2. The molecule has 0 atom stereocenters. The van der Waals surface area contributed by atoms with Crippen molar-refractivity contribution in [3.63, 3.8) is 0 Å². The summed E-state index contributed by atoms with van der Waals surface area (Å²) in [4.78, 5) is 4.65. The highest BCUT2D eigenvalue weighted by Gasteiger charge is 2.01. The molecule has 1 heterocycles. The minimum atomic E-state index is 0.671. The summed E-state index contributed by atoms with van der Waals surface area (Å²) in [5.74, 6) is 0.818. The number of hydrogen-bond acceptors (Lipinski definition) is 3. The quantitative estimate of drug-likeness (QED) is 0.751. The van der Waals surface area contributed by atoms with Crippen molar-refractivity contribution >= 4 is 32.5 Å². The first-order valence-corrected chi connectivity index (χ1v) is 7.47. The van der Waals surface area contributed by atoms with Gasteiger partial charge >= 0.3 is 0 Å². The Morgan fingerprint density at radius 3 is 2.81 bits per heavy atom. The minimum absolute atomic E-state index is 0.671. The van der Waals surface area contributed by atoms with Crippen LogP contribution in [0.1, 0.15) is 5.69 Å². The lowest BCUT2D eigenvalue weighted by atomic mass is 10.2. The Bertz CT molecular complexity index is 774. The summed E-state index contributed by atoms with van der Waals surface area (Å²) in [5.41, 5.74) is 3.02. The third-order valence-corrected chi connectivity index (χ3v) is 3.69. The molecule has 0 aliphatic carbocycles. The molecule has 0 saturated heterocycles. The Morgan fingerprint density at radius 1 is 1.10 bits per heavy atom. The van der Waals surface area contributed by atoms with Crippen molar-refractivity contribution in [2.45, 2.75) is 6.54 Å². The molecule has 1 N–H and O–H groups in total. The van der Waals surface area contributed by atoms with Crippen molar-refractivity contribution in [2.24, 2.45) is 0 Å². The SMILES string of the molecule is COc1cc(Br)cc(NCc2ccc3ccccc3n2)c1. The molecule has 0 bridgehead atoms. The number of aromatic nitrogens is 1. The van der Waals surface area contributed by atoms with Gasteiger partial charge in [0.25, 0.3) is 0 Å². The lowest BCUT2D eigenvalue weighted by molar-refractivity contribution is 0.414. The zero-order valence-corrected chi connectivity index (χ0v) is 13.2. The Morgan fingerprint density at radius 2 is 1.95 bits per heavy atom. The van der Waals surface area contributed by atoms with E-state index in [9.17, 15) is 0 Å². The first-order chi connectivity index (χ1) is 10.2. The first kappa shape index (κ1) is 13.9. The lowest BCUT2D eigenvalue weighted by Crippen LogP contribution is -2.02. The van der Waals surface area contributed by atoms with E-state index in [1.807, 2.05) is 42.5 Å². The van der Waals surface area contributed by atoms with Gasteiger partial charge in [0.15, 0.2) is 0 Å². The molecule has 2 aromatic carbocycles. The fourth-order valence-electron chi connectivity index (χ4n) is 2.18. The molecule has 0 aliphatic heterocycles. The van der Waals surface area contributed by atoms with Gasteiger partial charge in [0.2, 0.25) is 0 Å². The van der Waals surface area contributed by atoms with Gasteiger partial charge in [-0.1, -0.05) is 40.2 Å². The Kier molecular flexibility index (Phi) is 4.06. The van der Waals surface area contributed by atoms with E-state index in [1.165, 1.54) is 0 Å². The molecule has 0 amide bonds. The topological polar surface area (TPSA) is 34.1 Å². The molecule has 0 saturated carbocycles. The predicted molar refractivity (Wildman–Crippen MR) is 89.8 cm³/mol. The van der Waals surface area contributed by atoms with Crippen molar-refractivity contribution in [2.75, 3.05) is 12.4 Å². The average molecular weight is 343 g/mol. The van der Waals surface area contributed by atoms with Gasteiger partial charge < -0.3 is 10.1 Å². The molecule has 3 aromatic rings. The third kappa shape index (κ3) is 3.34. The zero-order valence-electron chi connectivity index (χ0n) is 11.6. The molecule has 0 radical (unpaired) electrons. The fraction of sp³-hybridized carbons (Fsp3) is 0.118. The molecule has 3 rings (SSSR count). The maximum Gasteiger partial charge on any atom is 0.122 e. The predicted octanol–water partition coefficient (Wildman–Crippen LogP) is 4.62. The van der Waals surface area contributed by atoms with E-state index in [0.717, 1.165) is 32.5 Å². The number of methoxy groups -OCH3 is 1. The number of pyridine rings is 1. The summed E-state index contributed by atoms with van der Waals surface area (Å²) in [7, 11) is 1.66. The van der Waals surface area contributed by atoms with Crippen molar-refractivity contribution in [1.82, 2.24) is 4.98 Å². The molecule has 3 nitrogen and oxygen atoms in total. The van der Waals surface area contributed by atoms with Crippen LogP contribution in [0.25, 0.3) is 10.9 Å². The van der Waals surface area contributed by atoms with Gasteiger partial charge in [-0.3, -0.25) is 4.98 Å². The van der Waals surface area contributed by atoms with Gasteiger partial charge in [-0.05, 0) is 24.3 Å². The van der Waals surface area contributed by atoms with Gasteiger partial charge in [-0.2, -0.15) is 0 Å². The van der Waals surface area contributed by atoms with Gasteiger partial charge in [-0.25, -0.2) is 0 Å². The van der Waals surface area contributed by atoms with E-state index in [1.54, 1.807) is 7.11 Å². The van der Waals surface area contributed by atoms with Crippen LogP contribution in [0.2, 0.25) is 0 Å². The summed E-state index contributed by atoms with van der Waals surface area (Å²) >= 11 is 3.48. The summed E-state index contributed by atoms with van der Waals surface area (Å²) in [6, 6.07) is 18.2. The number of nitrogens with zero attached hydrogens (tertiary/aromatic N) is 1. The van der Waals surface area contributed by atoms with Gasteiger partial charge in [-0.15, -0.1) is 0 Å². The molecule has 0 unspecified atom stereocenters. The third-order valence-electron chi connectivity index (χ3n) is 3.24. The Balaban J connectivity index is 1.78. The maximum atomic E-state index is 5.26. The summed E-state index contributed by atoms with van der Waals surface area (Å²) in [6.45, 7) is 0.671. The highest BCUT2D eigenvalue weighted by molar-refractivity contribution is 9.10. The van der Waals surface area contributed by atoms with Crippen LogP contribution < -0.4 is 10.1 Å². The largest absolute Gasteiger partial charge is 0.497 e. The molecule has 21 heavy (non-hydrogen) atoms. The van der Waals surface area contributed by atoms with E-state index in [2.05, 4.69) is 38.4 Å². The van der Waals surface area contributed by atoms with Crippen LogP contribution >= 0.6 is 15.9 Å². The Labute approximate surface area is 132 Å². The number of nitrogens with one attached hydrogen (secondary N) is 1. The van der Waals surface area contributed by atoms with Gasteiger partial charge in [0.1, 0.15) is 5.75 Å². The smallest absolute Gasteiger partial charge is 0.122 e. The van der Waals surface area contributed by atoms with Crippen LogP contribution in [-0.2, 0) is 6.54 Å². The molecule has 0 aliphatic rings. The molecule has 1 aromatic heterocycles. The second kappa shape index (κ2) is 6.14. The number of anilines is 1. The number of hydrogen-bond donors (Lipinski definition) is 1. The van der Waals surface area contributed by atoms with Crippen LogP contribution in [0.4, 0.5) is 5.69 Å². The van der Waals surface area contributed by atoms with E-state index < -0.39 is 0 Å². The number of para-hydroxylation sites is 1. The standard InChI is InChI=1S/C17H15BrN2O/c1-21-16-9-13(18)8-15(10-16)19-11-14-7-6-12-4-2-3-5-17(12)20-14/h2-10,19H,11H2,1H3. The van der Waals surface area contributed by atoms with E-state index in [0.29, 0.717) is 6.54 Å². The monoisotopic (exact) mass is 342 g/mol. The number of halogens is 1. The zero-order chi connectivity index (χ0) is 14.7. The summed E-state index contributed by atoms with van der Waals surface area (Å²) < 4.78 is 6.24. The summed E-state index contributed by atoms with van der Waals surface area (Å²) in [5, 5.41) is 4.53. The van der Waals surface area contributed by atoms with E-state index in [-0.39, 0.29) is 0 Å². The van der Waals surface area contributed by atoms with Gasteiger partial charge in [0, 0.05) is 21.6 Å². The van der Waals surface area contributed by atoms with E-state index >= 15 is 0 Å². The van der Waals surface area contributed by atoms with E-state index in [4.69, 9.17) is 4.74 Å². The fourth-order valence-corrected chi connectivity index (χ4v) is 2.65. The second-order valence-corrected chi connectivity index (χ2v) is 5.64. The molecule has 0 fully saturated rings. The Hall–Kier alpha value is -2.07. The second-order valence-electron chi connectivity index (χ2n) is 4.73. The average Bonchev–Trinajstić information content (AvgIpc) is 2.52. The molecule has 106 valence electrons. The van der Waals surface area contributed by atoms with Crippen molar-refractivity contribution in [3.8, 4) is 5.75 Å². The van der Waals surface area contributed by atoms with Crippen LogP contribution in [0.3, 0.4) is 0 Å². The van der Waals surface area contributed by atoms with Crippen molar-refractivity contribution in [3.05, 3.63) is 64.8 Å². The highest BCUT2D eigenvalue weighted by atomic mass is 79.9. The minimum Gasteiger partial charge on any atom is -0.497 e. The normalized spacial score (nSPS) is 10.6. The van der Waals surface area contributed by atoms with Crippen LogP contribution in [0.5, 0.6) is 5.75 Å². The molecular weight excluding hydrogens is 328 g/mol. The number of fused-ring (bicyclic) bond motifs is 1. The van der Waals surface area contributed by atoms with Crippen molar-refractivity contribution in [1.29, 1.82) is 0 Å². The highest BCUT2D eigenvalue weighted by Crippen LogP contribution is 2.24. The lowest BCUT2D eigenvalue weighted by Gasteiger charge is -2.09. The molecular formula is C17H15BrN2O. The molecule has 0 spiro atoms. The maximum absolute atomic E-state index is 5.26. The first-order valence-electron chi connectivity index (χ1n) is 6.68. The van der Waals surface area contributed by atoms with Crippen LogP contribution in [0.15, 0.2) is 59.1 Å².